The van der Waals surface area contributed by atoms with Crippen LogP contribution in [0.3, 0.4) is 0 Å². The molecule has 0 saturated carbocycles. The van der Waals surface area contributed by atoms with E-state index in [0.29, 0.717) is 22.9 Å². The first-order valence-electron chi connectivity index (χ1n) is 6.29. The molecule has 3 rings (SSSR count). The molecule has 2 heterocycles. The van der Waals surface area contributed by atoms with Crippen molar-refractivity contribution < 1.29 is 13.2 Å². The zero-order chi connectivity index (χ0) is 15.6. The Hall–Kier alpha value is -2.90. The third-order valence-corrected chi connectivity index (χ3v) is 2.94. The summed E-state index contributed by atoms with van der Waals surface area (Å²) in [5.41, 5.74) is 0.959. The smallest absolute Gasteiger partial charge is 0.354 e. The first-order valence-corrected chi connectivity index (χ1v) is 6.29. The number of benzene rings is 1. The SMILES string of the molecule is FC(F)(F)c1ccc(Nc2cccnc2-c2ncn[nH]2)cc1. The quantitative estimate of drug-likeness (QED) is 0.775. The Balaban J connectivity index is 1.88. The molecule has 3 aromatic rings. The number of hydrogen-bond acceptors (Lipinski definition) is 4. The van der Waals surface area contributed by atoms with Crippen molar-refractivity contribution in [3.63, 3.8) is 0 Å². The predicted molar refractivity (Wildman–Crippen MR) is 74.3 cm³/mol. The highest BCUT2D eigenvalue weighted by molar-refractivity contribution is 5.74. The molecule has 0 spiro atoms. The summed E-state index contributed by atoms with van der Waals surface area (Å²) in [6.45, 7) is 0. The summed E-state index contributed by atoms with van der Waals surface area (Å²) in [4.78, 5) is 8.22. The van der Waals surface area contributed by atoms with Gasteiger partial charge in [-0.05, 0) is 36.4 Å². The second-order valence-corrected chi connectivity index (χ2v) is 4.43. The first-order chi connectivity index (χ1) is 10.5. The summed E-state index contributed by atoms with van der Waals surface area (Å²) in [7, 11) is 0. The van der Waals surface area contributed by atoms with E-state index in [1.165, 1.54) is 18.5 Å². The molecule has 8 heteroatoms. The van der Waals surface area contributed by atoms with Crippen molar-refractivity contribution in [1.82, 2.24) is 20.2 Å². The van der Waals surface area contributed by atoms with Crippen LogP contribution in [0.1, 0.15) is 5.56 Å². The first kappa shape index (κ1) is 14.1. The van der Waals surface area contributed by atoms with Gasteiger partial charge in [-0.1, -0.05) is 0 Å². The molecule has 0 amide bonds. The van der Waals surface area contributed by atoms with Crippen LogP contribution >= 0.6 is 0 Å². The zero-order valence-electron chi connectivity index (χ0n) is 11.1. The molecule has 112 valence electrons. The fourth-order valence-corrected chi connectivity index (χ4v) is 1.91. The molecular weight excluding hydrogens is 295 g/mol. The number of aromatic nitrogens is 4. The number of anilines is 2. The third-order valence-electron chi connectivity index (χ3n) is 2.94. The van der Waals surface area contributed by atoms with Crippen molar-refractivity contribution in [1.29, 1.82) is 0 Å². The minimum atomic E-state index is -4.35. The molecule has 0 unspecified atom stereocenters. The summed E-state index contributed by atoms with van der Waals surface area (Å²) in [6.07, 6.45) is -1.40. The van der Waals surface area contributed by atoms with Crippen LogP contribution in [-0.2, 0) is 6.18 Å². The zero-order valence-corrected chi connectivity index (χ0v) is 11.1. The number of H-pyrrole nitrogens is 1. The van der Waals surface area contributed by atoms with Crippen LogP contribution in [-0.4, -0.2) is 20.2 Å². The Morgan fingerprint density at radius 1 is 1.00 bits per heavy atom. The van der Waals surface area contributed by atoms with E-state index < -0.39 is 11.7 Å². The molecule has 0 atom stereocenters. The van der Waals surface area contributed by atoms with Gasteiger partial charge in [0.25, 0.3) is 0 Å². The van der Waals surface area contributed by atoms with Crippen LogP contribution in [0.4, 0.5) is 24.5 Å². The summed E-state index contributed by atoms with van der Waals surface area (Å²) in [5, 5.41) is 9.47. The molecule has 0 aliphatic heterocycles. The van der Waals surface area contributed by atoms with E-state index in [9.17, 15) is 13.2 Å². The lowest BCUT2D eigenvalue weighted by Gasteiger charge is -2.11. The van der Waals surface area contributed by atoms with E-state index in [2.05, 4.69) is 25.5 Å². The number of aromatic amines is 1. The lowest BCUT2D eigenvalue weighted by atomic mass is 10.2. The van der Waals surface area contributed by atoms with E-state index in [0.717, 1.165) is 12.1 Å². The van der Waals surface area contributed by atoms with Gasteiger partial charge in [0.05, 0.1) is 11.3 Å². The van der Waals surface area contributed by atoms with Gasteiger partial charge in [0.1, 0.15) is 12.0 Å². The van der Waals surface area contributed by atoms with Gasteiger partial charge in [0, 0.05) is 11.9 Å². The predicted octanol–water partition coefficient (Wildman–Crippen LogP) is 3.63. The molecule has 22 heavy (non-hydrogen) atoms. The van der Waals surface area contributed by atoms with Crippen LogP contribution in [0.5, 0.6) is 0 Å². The van der Waals surface area contributed by atoms with Crippen molar-refractivity contribution in [2.45, 2.75) is 6.18 Å². The molecular formula is C14H10F3N5. The van der Waals surface area contributed by atoms with Gasteiger partial charge in [0.15, 0.2) is 5.82 Å². The highest BCUT2D eigenvalue weighted by Gasteiger charge is 2.29. The topological polar surface area (TPSA) is 66.5 Å². The summed E-state index contributed by atoms with van der Waals surface area (Å²) < 4.78 is 37.6. The number of alkyl halides is 3. The molecule has 0 radical (unpaired) electrons. The van der Waals surface area contributed by atoms with Crippen molar-refractivity contribution in [3.8, 4) is 11.5 Å². The second-order valence-electron chi connectivity index (χ2n) is 4.43. The molecule has 0 aliphatic carbocycles. The highest BCUT2D eigenvalue weighted by Crippen LogP contribution is 2.31. The number of halogens is 3. The normalized spacial score (nSPS) is 11.4. The van der Waals surface area contributed by atoms with Crippen LogP contribution in [0.2, 0.25) is 0 Å². The van der Waals surface area contributed by atoms with Gasteiger partial charge >= 0.3 is 6.18 Å². The van der Waals surface area contributed by atoms with Crippen molar-refractivity contribution in [2.24, 2.45) is 0 Å². The van der Waals surface area contributed by atoms with Crippen LogP contribution in [0.25, 0.3) is 11.5 Å². The van der Waals surface area contributed by atoms with Crippen LogP contribution in [0.15, 0.2) is 48.9 Å². The third kappa shape index (κ3) is 2.90. The molecule has 2 N–H and O–H groups in total. The van der Waals surface area contributed by atoms with E-state index in [1.54, 1.807) is 18.3 Å². The molecule has 5 nitrogen and oxygen atoms in total. The average molecular weight is 305 g/mol. The van der Waals surface area contributed by atoms with Gasteiger partial charge < -0.3 is 5.32 Å². The summed E-state index contributed by atoms with van der Waals surface area (Å²) in [6, 6.07) is 8.23. The summed E-state index contributed by atoms with van der Waals surface area (Å²) in [5.74, 6) is 0.468. The fraction of sp³-hybridized carbons (Fsp3) is 0.0714. The lowest BCUT2D eigenvalue weighted by molar-refractivity contribution is -0.137. The standard InChI is InChI=1S/C14H10F3N5/c15-14(16,17)9-3-5-10(6-4-9)21-11-2-1-7-18-12(11)13-19-8-20-22-13/h1-8,21H,(H,19,20,22). The van der Waals surface area contributed by atoms with Crippen molar-refractivity contribution in [3.05, 3.63) is 54.5 Å². The Morgan fingerprint density at radius 3 is 2.41 bits per heavy atom. The van der Waals surface area contributed by atoms with Crippen LogP contribution in [0, 0.1) is 0 Å². The van der Waals surface area contributed by atoms with Gasteiger partial charge in [-0.3, -0.25) is 10.1 Å². The molecule has 0 aliphatic rings. The monoisotopic (exact) mass is 305 g/mol. The minimum absolute atomic E-state index is 0.468. The number of nitrogens with one attached hydrogen (secondary N) is 2. The largest absolute Gasteiger partial charge is 0.416 e. The Labute approximate surface area is 123 Å². The molecule has 0 saturated heterocycles. The van der Waals surface area contributed by atoms with Gasteiger partial charge in [-0.15, -0.1) is 0 Å². The maximum atomic E-state index is 12.5. The number of hydrogen-bond donors (Lipinski definition) is 2. The second kappa shape index (κ2) is 5.47. The molecule has 2 aromatic heterocycles. The van der Waals surface area contributed by atoms with Gasteiger partial charge in [-0.25, -0.2) is 4.98 Å². The van der Waals surface area contributed by atoms with Gasteiger partial charge in [-0.2, -0.15) is 18.3 Å². The van der Waals surface area contributed by atoms with Crippen LogP contribution < -0.4 is 5.32 Å². The molecule has 1 aromatic carbocycles. The van der Waals surface area contributed by atoms with E-state index in [-0.39, 0.29) is 0 Å². The fourth-order valence-electron chi connectivity index (χ4n) is 1.91. The number of rotatable bonds is 3. The summed E-state index contributed by atoms with van der Waals surface area (Å²) >= 11 is 0. The average Bonchev–Trinajstić information content (AvgIpc) is 3.01. The maximum absolute atomic E-state index is 12.5. The van der Waals surface area contributed by atoms with E-state index >= 15 is 0 Å². The van der Waals surface area contributed by atoms with Crippen molar-refractivity contribution in [2.75, 3.05) is 5.32 Å². The Morgan fingerprint density at radius 2 is 1.77 bits per heavy atom. The Kier molecular flexibility index (Phi) is 3.50. The van der Waals surface area contributed by atoms with Gasteiger partial charge in [0.2, 0.25) is 0 Å². The number of pyridine rings is 1. The number of nitrogens with zero attached hydrogens (tertiary/aromatic N) is 3. The maximum Gasteiger partial charge on any atom is 0.416 e. The highest BCUT2D eigenvalue weighted by atomic mass is 19.4. The van der Waals surface area contributed by atoms with E-state index in [1.807, 2.05) is 0 Å². The minimum Gasteiger partial charge on any atom is -0.354 e. The van der Waals surface area contributed by atoms with E-state index in [4.69, 9.17) is 0 Å². The molecule has 0 bridgehead atoms. The van der Waals surface area contributed by atoms with Crippen molar-refractivity contribution >= 4 is 11.4 Å². The molecule has 0 fully saturated rings. The lowest BCUT2D eigenvalue weighted by Crippen LogP contribution is -2.04. The Bertz CT molecular complexity index is 751.